The van der Waals surface area contributed by atoms with Crippen molar-refractivity contribution in [2.24, 2.45) is 0 Å². The van der Waals surface area contributed by atoms with Crippen LogP contribution < -0.4 is 10.0 Å². The third-order valence-electron chi connectivity index (χ3n) is 3.08. The highest BCUT2D eigenvalue weighted by molar-refractivity contribution is 7.92. The van der Waals surface area contributed by atoms with E-state index in [1.165, 1.54) is 18.2 Å². The van der Waals surface area contributed by atoms with Gasteiger partial charge in [0, 0.05) is 5.56 Å². The minimum absolute atomic E-state index is 0.0113. The lowest BCUT2D eigenvalue weighted by molar-refractivity contribution is -0.123. The number of para-hydroxylation sites is 1. The summed E-state index contributed by atoms with van der Waals surface area (Å²) in [6.45, 7) is -1.49. The van der Waals surface area contributed by atoms with Gasteiger partial charge in [-0.1, -0.05) is 29.3 Å². The van der Waals surface area contributed by atoms with Gasteiger partial charge in [0.2, 0.25) is 0 Å². The lowest BCUT2D eigenvalue weighted by Gasteiger charge is -2.12. The molecule has 1 amide bonds. The molecular formula is C15H11Cl2F3N2O3S. The van der Waals surface area contributed by atoms with Gasteiger partial charge in [0.15, 0.2) is 0 Å². The molecule has 0 radical (unpaired) electrons. The number of carbonyl (C=O) groups is 1. The summed E-state index contributed by atoms with van der Waals surface area (Å²) in [5.41, 5.74) is -0.133. The van der Waals surface area contributed by atoms with Crippen molar-refractivity contribution in [1.29, 1.82) is 0 Å². The molecule has 0 aliphatic carbocycles. The summed E-state index contributed by atoms with van der Waals surface area (Å²) in [6.07, 6.45) is -4.54. The molecule has 26 heavy (non-hydrogen) atoms. The number of nitrogens with one attached hydrogen (secondary N) is 2. The fraction of sp³-hybridized carbons (Fsp3) is 0.133. The van der Waals surface area contributed by atoms with E-state index in [0.717, 1.165) is 24.3 Å². The second-order valence-corrected chi connectivity index (χ2v) is 7.52. The van der Waals surface area contributed by atoms with Crippen LogP contribution in [-0.2, 0) is 10.0 Å². The van der Waals surface area contributed by atoms with Crippen molar-refractivity contribution in [3.05, 3.63) is 58.1 Å². The first kappa shape index (κ1) is 20.3. The number of amides is 1. The lowest BCUT2D eigenvalue weighted by atomic mass is 10.2. The maximum Gasteiger partial charge on any atom is 0.405 e. The van der Waals surface area contributed by atoms with Gasteiger partial charge >= 0.3 is 6.18 Å². The summed E-state index contributed by atoms with van der Waals surface area (Å²) in [4.78, 5) is 11.4. The van der Waals surface area contributed by atoms with Gasteiger partial charge in [-0.15, -0.1) is 0 Å². The second-order valence-electron chi connectivity index (χ2n) is 5.02. The molecule has 0 aromatic heterocycles. The van der Waals surface area contributed by atoms with Crippen molar-refractivity contribution in [3.8, 4) is 0 Å². The van der Waals surface area contributed by atoms with E-state index in [2.05, 4.69) is 4.72 Å². The molecule has 0 fully saturated rings. The first-order chi connectivity index (χ1) is 12.0. The van der Waals surface area contributed by atoms with Crippen molar-refractivity contribution >= 4 is 44.8 Å². The van der Waals surface area contributed by atoms with Crippen molar-refractivity contribution in [2.45, 2.75) is 11.1 Å². The molecule has 140 valence electrons. The number of hydrogen-bond donors (Lipinski definition) is 2. The van der Waals surface area contributed by atoms with Crippen LogP contribution in [0, 0.1) is 0 Å². The van der Waals surface area contributed by atoms with Gasteiger partial charge in [-0.25, -0.2) is 8.42 Å². The minimum Gasteiger partial charge on any atom is -0.343 e. The average Bonchev–Trinajstić information content (AvgIpc) is 2.55. The Bertz CT molecular complexity index is 896. The number of hydrogen-bond acceptors (Lipinski definition) is 3. The zero-order valence-electron chi connectivity index (χ0n) is 12.8. The molecule has 0 aliphatic rings. The largest absolute Gasteiger partial charge is 0.405 e. The molecule has 2 N–H and O–H groups in total. The van der Waals surface area contributed by atoms with E-state index < -0.39 is 28.7 Å². The van der Waals surface area contributed by atoms with Crippen molar-refractivity contribution in [1.82, 2.24) is 5.32 Å². The lowest BCUT2D eigenvalue weighted by Crippen LogP contribution is -2.33. The summed E-state index contributed by atoms with van der Waals surface area (Å²) in [7, 11) is -4.07. The maximum atomic E-state index is 12.4. The Hall–Kier alpha value is -1.97. The topological polar surface area (TPSA) is 75.3 Å². The van der Waals surface area contributed by atoms with Gasteiger partial charge in [-0.05, 0) is 36.4 Å². The van der Waals surface area contributed by atoms with Crippen molar-refractivity contribution in [2.75, 3.05) is 11.3 Å². The molecule has 2 aromatic carbocycles. The van der Waals surface area contributed by atoms with Gasteiger partial charge in [0.25, 0.3) is 15.9 Å². The molecular weight excluding hydrogens is 416 g/mol. The number of benzene rings is 2. The zero-order valence-corrected chi connectivity index (χ0v) is 15.1. The third-order valence-corrected chi connectivity index (χ3v) is 5.07. The summed E-state index contributed by atoms with van der Waals surface area (Å²) in [5, 5.41) is 1.86. The van der Waals surface area contributed by atoms with E-state index in [4.69, 9.17) is 23.2 Å². The molecule has 0 bridgehead atoms. The van der Waals surface area contributed by atoms with Gasteiger partial charge in [0.05, 0.1) is 20.6 Å². The van der Waals surface area contributed by atoms with Gasteiger partial charge in [-0.2, -0.15) is 13.2 Å². The van der Waals surface area contributed by atoms with E-state index >= 15 is 0 Å². The Balaban J connectivity index is 2.17. The summed E-state index contributed by atoms with van der Waals surface area (Å²) >= 11 is 11.8. The van der Waals surface area contributed by atoms with E-state index in [0.29, 0.717) is 0 Å². The highest BCUT2D eigenvalue weighted by atomic mass is 35.5. The first-order valence-electron chi connectivity index (χ1n) is 6.91. The molecule has 2 rings (SSSR count). The summed E-state index contributed by atoms with van der Waals surface area (Å²) < 4.78 is 63.3. The van der Waals surface area contributed by atoms with Gasteiger partial charge in [0.1, 0.15) is 6.54 Å². The fourth-order valence-corrected chi connectivity index (χ4v) is 3.56. The van der Waals surface area contributed by atoms with Crippen LogP contribution in [0.15, 0.2) is 47.4 Å². The molecule has 0 atom stereocenters. The Morgan fingerprint density at radius 2 is 1.54 bits per heavy atom. The highest BCUT2D eigenvalue weighted by Gasteiger charge is 2.28. The van der Waals surface area contributed by atoms with Crippen molar-refractivity contribution in [3.63, 3.8) is 0 Å². The monoisotopic (exact) mass is 426 g/mol. The Morgan fingerprint density at radius 1 is 1.00 bits per heavy atom. The number of sulfonamides is 1. The van der Waals surface area contributed by atoms with Gasteiger partial charge < -0.3 is 5.32 Å². The number of halogens is 5. The Kier molecular flexibility index (Phi) is 6.05. The summed E-state index contributed by atoms with van der Waals surface area (Å²) in [6, 6.07) is 8.77. The van der Waals surface area contributed by atoms with E-state index in [1.807, 2.05) is 0 Å². The molecule has 0 saturated carbocycles. The SMILES string of the molecule is O=C(NCC(F)(F)F)c1ccc(S(=O)(=O)Nc2c(Cl)cccc2Cl)cc1. The fourth-order valence-electron chi connectivity index (χ4n) is 1.86. The average molecular weight is 427 g/mol. The molecule has 0 saturated heterocycles. The van der Waals surface area contributed by atoms with E-state index in [-0.39, 0.29) is 26.2 Å². The first-order valence-corrected chi connectivity index (χ1v) is 9.15. The second kappa shape index (κ2) is 7.73. The van der Waals surface area contributed by atoms with Crippen LogP contribution in [0.3, 0.4) is 0 Å². The zero-order chi connectivity index (χ0) is 19.5. The number of carbonyl (C=O) groups excluding carboxylic acids is 1. The van der Waals surface area contributed by atoms with Crippen LogP contribution >= 0.6 is 23.2 Å². The van der Waals surface area contributed by atoms with Gasteiger partial charge in [-0.3, -0.25) is 9.52 Å². The van der Waals surface area contributed by atoms with Crippen LogP contribution in [0.5, 0.6) is 0 Å². The molecule has 0 aliphatic heterocycles. The molecule has 5 nitrogen and oxygen atoms in total. The third kappa shape index (κ3) is 5.26. The highest BCUT2D eigenvalue weighted by Crippen LogP contribution is 2.31. The summed E-state index contributed by atoms with van der Waals surface area (Å²) in [5.74, 6) is -0.978. The van der Waals surface area contributed by atoms with E-state index in [9.17, 15) is 26.4 Å². The van der Waals surface area contributed by atoms with E-state index in [1.54, 1.807) is 5.32 Å². The molecule has 0 heterocycles. The molecule has 0 unspecified atom stereocenters. The van der Waals surface area contributed by atoms with Crippen LogP contribution in [0.2, 0.25) is 10.0 Å². The normalized spacial score (nSPS) is 11.9. The van der Waals surface area contributed by atoms with Crippen molar-refractivity contribution < 1.29 is 26.4 Å². The number of rotatable bonds is 5. The van der Waals surface area contributed by atoms with Crippen LogP contribution in [0.25, 0.3) is 0 Å². The van der Waals surface area contributed by atoms with Crippen LogP contribution in [-0.4, -0.2) is 27.0 Å². The molecule has 0 spiro atoms. The Morgan fingerprint density at radius 3 is 2.04 bits per heavy atom. The minimum atomic E-state index is -4.54. The smallest absolute Gasteiger partial charge is 0.343 e. The van der Waals surface area contributed by atoms with Crippen LogP contribution in [0.1, 0.15) is 10.4 Å². The predicted molar refractivity (Wildman–Crippen MR) is 92.1 cm³/mol. The maximum absolute atomic E-state index is 12.4. The quantitative estimate of drug-likeness (QED) is 0.755. The standard InChI is InChI=1S/C15H11Cl2F3N2O3S/c16-11-2-1-3-12(17)13(11)22-26(24,25)10-6-4-9(5-7-10)14(23)21-8-15(18,19)20/h1-7,22H,8H2,(H,21,23). The molecule has 11 heteroatoms. The molecule has 2 aromatic rings. The number of alkyl halides is 3. The Labute approximate surface area is 157 Å². The predicted octanol–water partition coefficient (Wildman–Crippen LogP) is 4.09. The number of anilines is 1. The van der Waals surface area contributed by atoms with Crippen LogP contribution in [0.4, 0.5) is 18.9 Å².